The fourth-order valence-corrected chi connectivity index (χ4v) is 5.13. The maximum atomic E-state index is 12.7. The summed E-state index contributed by atoms with van der Waals surface area (Å²) in [6, 6.07) is 10.4. The summed E-state index contributed by atoms with van der Waals surface area (Å²) in [5.74, 6) is 1.40. The molecular formula is C23H30N4O2. The average Bonchev–Trinajstić information content (AvgIpc) is 3.43. The van der Waals surface area contributed by atoms with Crippen molar-refractivity contribution in [1.29, 1.82) is 0 Å². The van der Waals surface area contributed by atoms with Crippen molar-refractivity contribution in [3.8, 4) is 0 Å². The molecule has 2 fully saturated rings. The van der Waals surface area contributed by atoms with Gasteiger partial charge in [-0.1, -0.05) is 49.4 Å². The molecule has 6 heteroatoms. The number of hydrogen-bond donors (Lipinski definition) is 2. The molecule has 1 saturated heterocycles. The number of amides is 2. The van der Waals surface area contributed by atoms with E-state index in [2.05, 4.69) is 59.0 Å². The van der Waals surface area contributed by atoms with Crippen LogP contribution in [0, 0.1) is 23.7 Å². The van der Waals surface area contributed by atoms with E-state index in [0.717, 1.165) is 19.4 Å². The zero-order chi connectivity index (χ0) is 20.4. The van der Waals surface area contributed by atoms with Crippen molar-refractivity contribution in [2.24, 2.45) is 28.7 Å². The number of nitrogens with zero attached hydrogens (tertiary/aromatic N) is 2. The molecule has 1 aromatic rings. The Bertz CT molecular complexity index is 789. The normalized spacial score (nSPS) is 28.8. The maximum absolute atomic E-state index is 12.7. The Morgan fingerprint density at radius 2 is 1.76 bits per heavy atom. The number of nitrogens with one attached hydrogen (secondary N) is 2. The molecule has 1 aromatic carbocycles. The van der Waals surface area contributed by atoms with Crippen molar-refractivity contribution in [3.05, 3.63) is 48.0 Å². The molecule has 3 aliphatic rings. The largest absolute Gasteiger partial charge is 0.356 e. The molecule has 2 bridgehead atoms. The van der Waals surface area contributed by atoms with Crippen LogP contribution in [0.25, 0.3) is 0 Å². The first kappa shape index (κ1) is 19.7. The lowest BCUT2D eigenvalue weighted by Crippen LogP contribution is -2.44. The highest BCUT2D eigenvalue weighted by atomic mass is 16.2. The van der Waals surface area contributed by atoms with E-state index in [1.54, 1.807) is 7.05 Å². The van der Waals surface area contributed by atoms with E-state index < -0.39 is 0 Å². The third-order valence-electron chi connectivity index (χ3n) is 6.69. The van der Waals surface area contributed by atoms with Crippen LogP contribution in [-0.4, -0.2) is 49.4 Å². The first-order valence-electron chi connectivity index (χ1n) is 10.7. The lowest BCUT2D eigenvalue weighted by atomic mass is 9.85. The number of guanidine groups is 1. The van der Waals surface area contributed by atoms with Crippen LogP contribution in [0.5, 0.6) is 0 Å². The predicted molar refractivity (Wildman–Crippen MR) is 113 cm³/mol. The lowest BCUT2D eigenvalue weighted by Gasteiger charge is -2.20. The molecule has 2 N–H and O–H groups in total. The molecule has 0 aromatic heterocycles. The molecule has 4 rings (SSSR count). The molecule has 2 amide bonds. The molecule has 1 aliphatic heterocycles. The first-order valence-corrected chi connectivity index (χ1v) is 10.7. The third kappa shape index (κ3) is 3.68. The van der Waals surface area contributed by atoms with Gasteiger partial charge in [0.25, 0.3) is 0 Å². The Morgan fingerprint density at radius 3 is 2.34 bits per heavy atom. The van der Waals surface area contributed by atoms with E-state index >= 15 is 0 Å². The molecule has 154 valence electrons. The van der Waals surface area contributed by atoms with E-state index in [4.69, 9.17) is 0 Å². The molecule has 5 unspecified atom stereocenters. The topological polar surface area (TPSA) is 73.8 Å². The van der Waals surface area contributed by atoms with Crippen molar-refractivity contribution < 1.29 is 9.59 Å². The van der Waals surface area contributed by atoms with E-state index in [-0.39, 0.29) is 35.5 Å². The van der Waals surface area contributed by atoms with E-state index in [1.165, 1.54) is 10.5 Å². The SMILES string of the molecule is CCC(CNC(=NC)NCCN1C(=O)C2C3C=CC(C3)C2C1=O)c1ccccc1. The Hall–Kier alpha value is -2.63. The highest BCUT2D eigenvalue weighted by Crippen LogP contribution is 2.52. The zero-order valence-electron chi connectivity index (χ0n) is 17.2. The Morgan fingerprint density at radius 1 is 1.10 bits per heavy atom. The minimum Gasteiger partial charge on any atom is -0.356 e. The van der Waals surface area contributed by atoms with E-state index in [0.29, 0.717) is 25.0 Å². The van der Waals surface area contributed by atoms with Crippen LogP contribution in [0.2, 0.25) is 0 Å². The van der Waals surface area contributed by atoms with Gasteiger partial charge in [0.15, 0.2) is 5.96 Å². The highest BCUT2D eigenvalue weighted by molar-refractivity contribution is 6.06. The third-order valence-corrected chi connectivity index (χ3v) is 6.69. The minimum absolute atomic E-state index is 0.0109. The molecule has 2 aliphatic carbocycles. The van der Waals surface area contributed by atoms with Gasteiger partial charge in [0.05, 0.1) is 11.8 Å². The number of carbonyl (C=O) groups excluding carboxylic acids is 2. The van der Waals surface area contributed by atoms with Crippen molar-refractivity contribution >= 4 is 17.8 Å². The smallest absolute Gasteiger partial charge is 0.233 e. The summed E-state index contributed by atoms with van der Waals surface area (Å²) in [5.41, 5.74) is 1.31. The average molecular weight is 395 g/mol. The summed E-state index contributed by atoms with van der Waals surface area (Å²) < 4.78 is 0. The number of fused-ring (bicyclic) bond motifs is 5. The standard InChI is InChI=1S/C23H30N4O2/c1-3-15(16-7-5-4-6-8-16)14-26-23(24-2)25-11-12-27-21(28)19-17-9-10-18(13-17)20(19)22(27)29/h4-10,15,17-20H,3,11-14H2,1-2H3,(H2,24,25,26). The maximum Gasteiger partial charge on any atom is 0.233 e. The quantitative estimate of drug-likeness (QED) is 0.322. The van der Waals surface area contributed by atoms with Gasteiger partial charge >= 0.3 is 0 Å². The van der Waals surface area contributed by atoms with Gasteiger partial charge in [0.1, 0.15) is 0 Å². The van der Waals surface area contributed by atoms with Crippen molar-refractivity contribution in [2.75, 3.05) is 26.7 Å². The lowest BCUT2D eigenvalue weighted by molar-refractivity contribution is -0.140. The molecule has 29 heavy (non-hydrogen) atoms. The number of allylic oxidation sites excluding steroid dienone is 2. The number of hydrogen-bond acceptors (Lipinski definition) is 3. The second kappa shape index (κ2) is 8.39. The van der Waals surface area contributed by atoms with Gasteiger partial charge < -0.3 is 10.6 Å². The number of aliphatic imine (C=N–C) groups is 1. The fourth-order valence-electron chi connectivity index (χ4n) is 5.13. The predicted octanol–water partition coefficient (Wildman–Crippen LogP) is 2.15. The second-order valence-electron chi connectivity index (χ2n) is 8.22. The number of imide groups is 1. The van der Waals surface area contributed by atoms with Crippen molar-refractivity contribution in [2.45, 2.75) is 25.7 Å². The van der Waals surface area contributed by atoms with Crippen molar-refractivity contribution in [3.63, 3.8) is 0 Å². The molecule has 0 radical (unpaired) electrons. The van der Waals surface area contributed by atoms with E-state index in [9.17, 15) is 9.59 Å². The molecule has 5 atom stereocenters. The van der Waals surface area contributed by atoms with Gasteiger partial charge in [-0.25, -0.2) is 0 Å². The fraction of sp³-hybridized carbons (Fsp3) is 0.522. The second-order valence-corrected chi connectivity index (χ2v) is 8.22. The monoisotopic (exact) mass is 394 g/mol. The molecular weight excluding hydrogens is 364 g/mol. The first-order chi connectivity index (χ1) is 14.1. The van der Waals surface area contributed by atoms with Crippen LogP contribution in [0.15, 0.2) is 47.5 Å². The summed E-state index contributed by atoms with van der Waals surface area (Å²) in [6.45, 7) is 3.85. The summed E-state index contributed by atoms with van der Waals surface area (Å²) in [7, 11) is 1.73. The number of likely N-dealkylation sites (tertiary alicyclic amines) is 1. The summed E-state index contributed by atoms with van der Waals surface area (Å²) in [4.78, 5) is 31.2. The van der Waals surface area contributed by atoms with Crippen LogP contribution in [-0.2, 0) is 9.59 Å². The molecule has 1 saturated carbocycles. The Kier molecular flexibility index (Phi) is 5.69. The van der Waals surface area contributed by atoms with Crippen LogP contribution in [0.1, 0.15) is 31.2 Å². The van der Waals surface area contributed by atoms with Gasteiger partial charge in [0, 0.05) is 32.6 Å². The van der Waals surface area contributed by atoms with Gasteiger partial charge in [0.2, 0.25) is 11.8 Å². The van der Waals surface area contributed by atoms with Crippen LogP contribution in [0.4, 0.5) is 0 Å². The van der Waals surface area contributed by atoms with Gasteiger partial charge in [-0.15, -0.1) is 0 Å². The zero-order valence-corrected chi connectivity index (χ0v) is 17.2. The van der Waals surface area contributed by atoms with Crippen molar-refractivity contribution in [1.82, 2.24) is 15.5 Å². The highest BCUT2D eigenvalue weighted by Gasteiger charge is 2.58. The number of rotatable bonds is 7. The van der Waals surface area contributed by atoms with Crippen LogP contribution in [0.3, 0.4) is 0 Å². The van der Waals surface area contributed by atoms with Crippen LogP contribution >= 0.6 is 0 Å². The summed E-state index contributed by atoms with van der Waals surface area (Å²) in [5, 5.41) is 6.62. The van der Waals surface area contributed by atoms with Gasteiger partial charge in [-0.05, 0) is 30.2 Å². The summed E-state index contributed by atoms with van der Waals surface area (Å²) >= 11 is 0. The number of carbonyl (C=O) groups is 2. The van der Waals surface area contributed by atoms with Crippen LogP contribution < -0.4 is 10.6 Å². The van der Waals surface area contributed by atoms with Gasteiger partial charge in [-0.3, -0.25) is 19.5 Å². The molecule has 0 spiro atoms. The molecule has 6 nitrogen and oxygen atoms in total. The Balaban J connectivity index is 1.26. The Labute approximate surface area is 172 Å². The number of benzene rings is 1. The molecule has 1 heterocycles. The van der Waals surface area contributed by atoms with E-state index in [1.807, 2.05) is 6.07 Å². The summed E-state index contributed by atoms with van der Waals surface area (Å²) in [6.07, 6.45) is 6.25. The van der Waals surface area contributed by atoms with Gasteiger partial charge in [-0.2, -0.15) is 0 Å². The minimum atomic E-state index is -0.119.